The number of ether oxygens (including phenoxy) is 1. The van der Waals surface area contributed by atoms with Crippen LogP contribution in [0.25, 0.3) is 0 Å². The smallest absolute Gasteiger partial charge is 0.416 e. The molecule has 23 heavy (non-hydrogen) atoms. The van der Waals surface area contributed by atoms with Crippen LogP contribution >= 0.6 is 0 Å². The van der Waals surface area contributed by atoms with Crippen molar-refractivity contribution >= 4 is 11.6 Å². The summed E-state index contributed by atoms with van der Waals surface area (Å²) in [4.78, 5) is 11.8. The Bertz CT molecular complexity index is 666. The number of carbonyl (C=O) groups excluding carboxylic acids is 1. The minimum atomic E-state index is -4.39. The highest BCUT2D eigenvalue weighted by atomic mass is 19.4. The molecule has 2 rings (SSSR count). The second kappa shape index (κ2) is 7.17. The third-order valence-corrected chi connectivity index (χ3v) is 3.21. The molecule has 0 unspecified atom stereocenters. The van der Waals surface area contributed by atoms with Gasteiger partial charge in [-0.05, 0) is 42.3 Å². The molecule has 1 amide bonds. The zero-order valence-electron chi connectivity index (χ0n) is 12.5. The van der Waals surface area contributed by atoms with E-state index in [2.05, 4.69) is 5.32 Å². The van der Waals surface area contributed by atoms with Crippen molar-refractivity contribution in [1.29, 1.82) is 0 Å². The quantitative estimate of drug-likeness (QED) is 0.891. The number of alkyl halides is 3. The Hall–Kier alpha value is -2.50. The summed E-state index contributed by atoms with van der Waals surface area (Å²) in [6.45, 7) is 1.77. The van der Waals surface area contributed by atoms with Gasteiger partial charge >= 0.3 is 6.18 Å². The standard InChI is InChI=1S/C17H16F3NO2/c1-2-12-5-3-4-6-15(12)23-11-16(22)21-14-9-7-13(8-10-14)17(18,19)20/h3-10H,2,11H2,1H3,(H,21,22). The molecule has 122 valence electrons. The number of rotatable bonds is 5. The molecular formula is C17H16F3NO2. The lowest BCUT2D eigenvalue weighted by molar-refractivity contribution is -0.137. The van der Waals surface area contributed by atoms with E-state index in [1.807, 2.05) is 25.1 Å². The molecule has 0 atom stereocenters. The molecule has 0 radical (unpaired) electrons. The first kappa shape index (κ1) is 16.9. The molecule has 0 heterocycles. The van der Waals surface area contributed by atoms with Gasteiger partial charge in [0.05, 0.1) is 5.56 Å². The van der Waals surface area contributed by atoms with E-state index in [1.165, 1.54) is 12.1 Å². The summed E-state index contributed by atoms with van der Waals surface area (Å²) < 4.78 is 42.8. The number of benzene rings is 2. The fourth-order valence-electron chi connectivity index (χ4n) is 2.02. The normalized spacial score (nSPS) is 11.1. The second-order valence-corrected chi connectivity index (χ2v) is 4.87. The maximum Gasteiger partial charge on any atom is 0.416 e. The van der Waals surface area contributed by atoms with Gasteiger partial charge in [-0.2, -0.15) is 13.2 Å². The van der Waals surface area contributed by atoms with Crippen molar-refractivity contribution in [3.63, 3.8) is 0 Å². The zero-order chi connectivity index (χ0) is 16.9. The highest BCUT2D eigenvalue weighted by molar-refractivity contribution is 5.91. The van der Waals surface area contributed by atoms with Crippen molar-refractivity contribution in [3.8, 4) is 5.75 Å². The number of nitrogens with one attached hydrogen (secondary N) is 1. The Kier molecular flexibility index (Phi) is 5.26. The lowest BCUT2D eigenvalue weighted by atomic mass is 10.1. The molecule has 2 aromatic carbocycles. The summed E-state index contributed by atoms with van der Waals surface area (Å²) in [5.41, 5.74) is 0.508. The van der Waals surface area contributed by atoms with Crippen LogP contribution in [0.1, 0.15) is 18.1 Å². The molecule has 0 aliphatic heterocycles. The number of hydrogen-bond acceptors (Lipinski definition) is 2. The van der Waals surface area contributed by atoms with Gasteiger partial charge < -0.3 is 10.1 Å². The fourth-order valence-corrected chi connectivity index (χ4v) is 2.02. The van der Waals surface area contributed by atoms with E-state index in [4.69, 9.17) is 4.74 Å². The summed E-state index contributed by atoms with van der Waals surface area (Å²) in [5, 5.41) is 2.50. The van der Waals surface area contributed by atoms with Gasteiger partial charge in [-0.15, -0.1) is 0 Å². The summed E-state index contributed by atoms with van der Waals surface area (Å²) in [6, 6.07) is 11.6. The number of para-hydroxylation sites is 1. The van der Waals surface area contributed by atoms with E-state index >= 15 is 0 Å². The molecule has 0 saturated carbocycles. The molecule has 0 aliphatic rings. The van der Waals surface area contributed by atoms with Crippen LogP contribution in [0.15, 0.2) is 48.5 Å². The maximum atomic E-state index is 12.5. The molecule has 1 N–H and O–H groups in total. The molecule has 3 nitrogen and oxygen atoms in total. The monoisotopic (exact) mass is 323 g/mol. The molecule has 0 fully saturated rings. The summed E-state index contributed by atoms with van der Waals surface area (Å²) in [5.74, 6) is 0.188. The predicted molar refractivity (Wildman–Crippen MR) is 81.4 cm³/mol. The molecule has 6 heteroatoms. The van der Waals surface area contributed by atoms with Gasteiger partial charge in [-0.1, -0.05) is 25.1 Å². The van der Waals surface area contributed by atoms with Crippen molar-refractivity contribution in [3.05, 3.63) is 59.7 Å². The Morgan fingerprint density at radius 3 is 2.35 bits per heavy atom. The molecule has 0 aromatic heterocycles. The van der Waals surface area contributed by atoms with Crippen molar-refractivity contribution in [2.75, 3.05) is 11.9 Å². The summed E-state index contributed by atoms with van der Waals surface area (Å²) in [7, 11) is 0. The van der Waals surface area contributed by atoms with Crippen LogP contribution in [0.2, 0.25) is 0 Å². The largest absolute Gasteiger partial charge is 0.483 e. The lowest BCUT2D eigenvalue weighted by Crippen LogP contribution is -2.20. The van der Waals surface area contributed by atoms with E-state index in [9.17, 15) is 18.0 Å². The van der Waals surface area contributed by atoms with Crippen LogP contribution < -0.4 is 10.1 Å². The summed E-state index contributed by atoms with van der Waals surface area (Å²) in [6.07, 6.45) is -3.62. The van der Waals surface area contributed by atoms with Gasteiger partial charge in [0, 0.05) is 5.69 Å². The minimum absolute atomic E-state index is 0.210. The molecular weight excluding hydrogens is 307 g/mol. The lowest BCUT2D eigenvalue weighted by Gasteiger charge is -2.11. The van der Waals surface area contributed by atoms with Crippen molar-refractivity contribution < 1.29 is 22.7 Å². The van der Waals surface area contributed by atoms with Gasteiger partial charge in [0.1, 0.15) is 5.75 Å². The highest BCUT2D eigenvalue weighted by Crippen LogP contribution is 2.29. The molecule has 0 saturated heterocycles. The van der Waals surface area contributed by atoms with Gasteiger partial charge in [0.15, 0.2) is 6.61 Å². The zero-order valence-corrected chi connectivity index (χ0v) is 12.5. The SMILES string of the molecule is CCc1ccccc1OCC(=O)Nc1ccc(C(F)(F)F)cc1. The maximum absolute atomic E-state index is 12.5. The average Bonchev–Trinajstić information content (AvgIpc) is 2.53. The number of hydrogen-bond donors (Lipinski definition) is 1. The predicted octanol–water partition coefficient (Wildman–Crippen LogP) is 4.29. The average molecular weight is 323 g/mol. The van der Waals surface area contributed by atoms with Crippen LogP contribution in [0.3, 0.4) is 0 Å². The van der Waals surface area contributed by atoms with Crippen molar-refractivity contribution in [1.82, 2.24) is 0 Å². The Labute approximate surface area is 132 Å². The Morgan fingerprint density at radius 1 is 1.09 bits per heavy atom. The van der Waals surface area contributed by atoms with Crippen LogP contribution in [-0.4, -0.2) is 12.5 Å². The minimum Gasteiger partial charge on any atom is -0.483 e. The number of anilines is 1. The van der Waals surface area contributed by atoms with E-state index in [0.29, 0.717) is 5.75 Å². The Balaban J connectivity index is 1.92. The van der Waals surface area contributed by atoms with E-state index in [-0.39, 0.29) is 12.3 Å². The van der Waals surface area contributed by atoms with Gasteiger partial charge in [0.2, 0.25) is 0 Å². The van der Waals surface area contributed by atoms with Crippen molar-refractivity contribution in [2.45, 2.75) is 19.5 Å². The van der Waals surface area contributed by atoms with Gasteiger partial charge in [-0.3, -0.25) is 4.79 Å². The topological polar surface area (TPSA) is 38.3 Å². The van der Waals surface area contributed by atoms with Gasteiger partial charge in [-0.25, -0.2) is 0 Å². The third-order valence-electron chi connectivity index (χ3n) is 3.21. The molecule has 2 aromatic rings. The van der Waals surface area contributed by atoms with E-state index in [0.717, 1.165) is 24.1 Å². The van der Waals surface area contributed by atoms with Crippen LogP contribution in [-0.2, 0) is 17.4 Å². The van der Waals surface area contributed by atoms with Crippen LogP contribution in [0.4, 0.5) is 18.9 Å². The molecule has 0 bridgehead atoms. The number of aryl methyl sites for hydroxylation is 1. The molecule has 0 spiro atoms. The van der Waals surface area contributed by atoms with Gasteiger partial charge in [0.25, 0.3) is 5.91 Å². The fraction of sp³-hybridized carbons (Fsp3) is 0.235. The first-order valence-electron chi connectivity index (χ1n) is 7.08. The Morgan fingerprint density at radius 2 is 1.74 bits per heavy atom. The third kappa shape index (κ3) is 4.74. The van der Waals surface area contributed by atoms with Crippen LogP contribution in [0.5, 0.6) is 5.75 Å². The first-order valence-corrected chi connectivity index (χ1v) is 7.08. The number of carbonyl (C=O) groups is 1. The summed E-state index contributed by atoms with van der Waals surface area (Å²) >= 11 is 0. The first-order chi connectivity index (χ1) is 10.9. The van der Waals surface area contributed by atoms with E-state index < -0.39 is 17.6 Å². The second-order valence-electron chi connectivity index (χ2n) is 4.87. The highest BCUT2D eigenvalue weighted by Gasteiger charge is 2.29. The van der Waals surface area contributed by atoms with E-state index in [1.54, 1.807) is 6.07 Å². The van der Waals surface area contributed by atoms with Crippen molar-refractivity contribution in [2.24, 2.45) is 0 Å². The molecule has 0 aliphatic carbocycles. The number of halogens is 3. The van der Waals surface area contributed by atoms with Crippen LogP contribution in [0, 0.1) is 0 Å². The number of amides is 1.